The first-order valence-electron chi connectivity index (χ1n) is 8.36. The quantitative estimate of drug-likeness (QED) is 0.638. The second kappa shape index (κ2) is 7.11. The second-order valence-corrected chi connectivity index (χ2v) is 6.30. The topological polar surface area (TPSA) is 84.7 Å². The van der Waals surface area contributed by atoms with Crippen LogP contribution in [0.5, 0.6) is 0 Å². The highest BCUT2D eigenvalue weighted by Crippen LogP contribution is 2.37. The molecule has 0 aliphatic carbocycles. The summed E-state index contributed by atoms with van der Waals surface area (Å²) < 4.78 is 27.6. The minimum atomic E-state index is -0.640. The number of guanidine groups is 1. The molecule has 1 heterocycles. The molecule has 0 bridgehead atoms. The van der Waals surface area contributed by atoms with E-state index in [0.717, 1.165) is 23.6 Å². The molecule has 3 rings (SSSR count). The summed E-state index contributed by atoms with van der Waals surface area (Å²) in [7, 11) is 0. The van der Waals surface area contributed by atoms with Gasteiger partial charge in [-0.3, -0.25) is 0 Å². The Kier molecular flexibility index (Phi) is 4.88. The van der Waals surface area contributed by atoms with Gasteiger partial charge in [-0.1, -0.05) is 25.1 Å². The molecule has 136 valence electrons. The van der Waals surface area contributed by atoms with Gasteiger partial charge < -0.3 is 16.4 Å². The van der Waals surface area contributed by atoms with Gasteiger partial charge in [0.25, 0.3) is 0 Å². The molecule has 0 saturated heterocycles. The van der Waals surface area contributed by atoms with E-state index in [2.05, 4.69) is 4.99 Å². The van der Waals surface area contributed by atoms with Crippen molar-refractivity contribution in [3.63, 3.8) is 0 Å². The van der Waals surface area contributed by atoms with Crippen LogP contribution in [0.4, 0.5) is 13.6 Å². The highest BCUT2D eigenvalue weighted by molar-refractivity contribution is 5.90. The van der Waals surface area contributed by atoms with Crippen LogP contribution in [-0.4, -0.2) is 23.4 Å². The number of amides is 2. The highest BCUT2D eigenvalue weighted by Gasteiger charge is 2.29. The molecule has 2 amide bonds. The molecule has 5 nitrogen and oxygen atoms in total. The van der Waals surface area contributed by atoms with Crippen LogP contribution in [0.1, 0.15) is 30.4 Å². The van der Waals surface area contributed by atoms with Crippen LogP contribution < -0.4 is 11.5 Å². The Morgan fingerprint density at radius 3 is 2.65 bits per heavy atom. The first kappa shape index (κ1) is 17.8. The van der Waals surface area contributed by atoms with Gasteiger partial charge in [-0.15, -0.1) is 0 Å². The molecule has 0 radical (unpaired) electrons. The smallest absolute Gasteiger partial charge is 0.347 e. The van der Waals surface area contributed by atoms with E-state index < -0.39 is 17.7 Å². The van der Waals surface area contributed by atoms with E-state index in [0.29, 0.717) is 17.7 Å². The molecule has 2 aromatic carbocycles. The number of fused-ring (bicyclic) bond motifs is 1. The van der Waals surface area contributed by atoms with E-state index in [-0.39, 0.29) is 18.4 Å². The van der Waals surface area contributed by atoms with Crippen LogP contribution in [0.25, 0.3) is 11.1 Å². The zero-order chi connectivity index (χ0) is 18.8. The van der Waals surface area contributed by atoms with Crippen molar-refractivity contribution in [3.8, 4) is 11.1 Å². The summed E-state index contributed by atoms with van der Waals surface area (Å²) in [6.07, 6.45) is 0.800. The van der Waals surface area contributed by atoms with Crippen LogP contribution in [0.15, 0.2) is 41.4 Å². The van der Waals surface area contributed by atoms with Crippen molar-refractivity contribution in [2.24, 2.45) is 16.5 Å². The molecule has 0 fully saturated rings. The van der Waals surface area contributed by atoms with Crippen LogP contribution in [-0.2, 0) is 6.54 Å². The van der Waals surface area contributed by atoms with Crippen molar-refractivity contribution in [1.82, 2.24) is 4.90 Å². The number of carbonyl (C=O) groups excluding carboxylic acids is 1. The molecule has 1 unspecified atom stereocenters. The lowest BCUT2D eigenvalue weighted by Crippen LogP contribution is -2.38. The molecular weight excluding hydrogens is 338 g/mol. The molecule has 0 spiro atoms. The number of nitrogens with zero attached hydrogens (tertiary/aromatic N) is 2. The lowest BCUT2D eigenvalue weighted by atomic mass is 9.84. The third-order valence-electron chi connectivity index (χ3n) is 4.65. The van der Waals surface area contributed by atoms with Gasteiger partial charge in [0.05, 0.1) is 0 Å². The van der Waals surface area contributed by atoms with Crippen molar-refractivity contribution in [2.45, 2.75) is 25.8 Å². The normalized spacial score (nSPS) is 16.1. The van der Waals surface area contributed by atoms with Crippen molar-refractivity contribution >= 4 is 12.0 Å². The summed E-state index contributed by atoms with van der Waals surface area (Å²) in [4.78, 5) is 17.4. The third-order valence-corrected chi connectivity index (χ3v) is 4.65. The van der Waals surface area contributed by atoms with Gasteiger partial charge in [0.2, 0.25) is 0 Å². The van der Waals surface area contributed by atoms with Crippen molar-refractivity contribution < 1.29 is 13.6 Å². The van der Waals surface area contributed by atoms with Gasteiger partial charge in [0.15, 0.2) is 5.96 Å². The van der Waals surface area contributed by atoms with Crippen molar-refractivity contribution in [2.75, 3.05) is 6.54 Å². The fourth-order valence-electron chi connectivity index (χ4n) is 3.42. The highest BCUT2D eigenvalue weighted by atomic mass is 19.1. The Morgan fingerprint density at radius 1 is 1.23 bits per heavy atom. The number of hydrogen-bond acceptors (Lipinski definition) is 1. The largest absolute Gasteiger partial charge is 0.370 e. The van der Waals surface area contributed by atoms with E-state index >= 15 is 0 Å². The lowest BCUT2D eigenvalue weighted by molar-refractivity contribution is 0.195. The first-order valence-corrected chi connectivity index (χ1v) is 8.36. The number of halogens is 2. The Balaban J connectivity index is 2.09. The molecule has 1 aliphatic rings. The Hall–Kier alpha value is -2.96. The van der Waals surface area contributed by atoms with Gasteiger partial charge in [0.1, 0.15) is 11.6 Å². The summed E-state index contributed by atoms with van der Waals surface area (Å²) in [6.45, 7) is 2.76. The van der Waals surface area contributed by atoms with E-state index in [1.54, 1.807) is 11.0 Å². The van der Waals surface area contributed by atoms with Gasteiger partial charge in [0, 0.05) is 30.6 Å². The summed E-state index contributed by atoms with van der Waals surface area (Å²) in [5.41, 5.74) is 13.5. The van der Waals surface area contributed by atoms with E-state index in [1.807, 2.05) is 19.1 Å². The predicted octanol–water partition coefficient (Wildman–Crippen LogP) is 3.33. The summed E-state index contributed by atoms with van der Waals surface area (Å²) >= 11 is 0. The van der Waals surface area contributed by atoms with Gasteiger partial charge in [-0.2, -0.15) is 4.99 Å². The lowest BCUT2D eigenvalue weighted by Gasteiger charge is -2.34. The van der Waals surface area contributed by atoms with E-state index in [9.17, 15) is 13.6 Å². The van der Waals surface area contributed by atoms with Gasteiger partial charge in [-0.05, 0) is 35.2 Å². The summed E-state index contributed by atoms with van der Waals surface area (Å²) in [5, 5.41) is 0. The molecule has 1 aliphatic heterocycles. The third kappa shape index (κ3) is 3.37. The maximum absolute atomic E-state index is 14.3. The molecule has 0 aromatic heterocycles. The van der Waals surface area contributed by atoms with E-state index in [1.165, 1.54) is 12.1 Å². The van der Waals surface area contributed by atoms with Crippen molar-refractivity contribution in [1.29, 1.82) is 0 Å². The van der Waals surface area contributed by atoms with Gasteiger partial charge in [-0.25, -0.2) is 13.6 Å². The van der Waals surface area contributed by atoms with Crippen LogP contribution >= 0.6 is 0 Å². The maximum Gasteiger partial charge on any atom is 0.347 e. The molecule has 4 N–H and O–H groups in total. The SMILES string of the molecule is CCC1CN(C(=O)N=C(N)N)Cc2c(-c3ccc(F)cc3F)cccc21. The van der Waals surface area contributed by atoms with Crippen LogP contribution in [0, 0.1) is 11.6 Å². The Morgan fingerprint density at radius 2 is 2.00 bits per heavy atom. The summed E-state index contributed by atoms with van der Waals surface area (Å²) in [5.74, 6) is -1.49. The molecule has 2 aromatic rings. The number of urea groups is 1. The Bertz CT molecular complexity index is 878. The predicted molar refractivity (Wildman–Crippen MR) is 96.4 cm³/mol. The van der Waals surface area contributed by atoms with Crippen molar-refractivity contribution in [3.05, 3.63) is 59.2 Å². The Labute approximate surface area is 150 Å². The fraction of sp³-hybridized carbons (Fsp3) is 0.263. The standard InChI is InChI=1S/C19H20F2N4O/c1-2-11-9-25(19(26)24-18(22)23)10-16-13(11)4-3-5-14(16)15-7-6-12(20)8-17(15)21/h3-8,11H,2,9-10H2,1H3,(H4,22,23,24,26). The number of hydrogen-bond donors (Lipinski definition) is 2. The monoisotopic (exact) mass is 358 g/mol. The zero-order valence-electron chi connectivity index (χ0n) is 14.4. The maximum atomic E-state index is 14.3. The fourth-order valence-corrected chi connectivity index (χ4v) is 3.42. The molecule has 7 heteroatoms. The molecular formula is C19H20F2N4O. The molecule has 26 heavy (non-hydrogen) atoms. The van der Waals surface area contributed by atoms with Gasteiger partial charge >= 0.3 is 6.03 Å². The average Bonchev–Trinajstić information content (AvgIpc) is 2.60. The molecule has 1 atom stereocenters. The van der Waals surface area contributed by atoms with Crippen LogP contribution in [0.3, 0.4) is 0 Å². The summed E-state index contributed by atoms with van der Waals surface area (Å²) in [6, 6.07) is 8.58. The second-order valence-electron chi connectivity index (χ2n) is 6.30. The number of aliphatic imine (C=N–C) groups is 1. The van der Waals surface area contributed by atoms with E-state index in [4.69, 9.17) is 11.5 Å². The average molecular weight is 358 g/mol. The number of benzene rings is 2. The minimum absolute atomic E-state index is 0.0837. The minimum Gasteiger partial charge on any atom is -0.370 e. The number of rotatable bonds is 2. The first-order chi connectivity index (χ1) is 12.4. The molecule has 0 saturated carbocycles. The number of carbonyl (C=O) groups is 1. The zero-order valence-corrected chi connectivity index (χ0v) is 14.4. The number of nitrogens with two attached hydrogens (primary N) is 2. The van der Waals surface area contributed by atoms with Crippen LogP contribution in [0.2, 0.25) is 0 Å².